The Morgan fingerprint density at radius 1 is 0.881 bits per heavy atom. The summed E-state index contributed by atoms with van der Waals surface area (Å²) in [6, 6.07) is 0. The van der Waals surface area contributed by atoms with Crippen molar-refractivity contribution < 1.29 is 33.4 Å². The molecule has 0 saturated heterocycles. The molecule has 7 heteroatoms. The molecular weight excluding hydrogens is 532 g/mol. The lowest BCUT2D eigenvalue weighted by atomic mass is 9.46. The number of allylic oxidation sites excluding steroid dienone is 1. The lowest BCUT2D eigenvalue weighted by Gasteiger charge is -2.57. The molecule has 0 aromatic carbocycles. The monoisotopic (exact) mass is 586 g/mol. The van der Waals surface area contributed by atoms with E-state index in [0.717, 1.165) is 50.5 Å². The molecule has 236 valence electrons. The first-order valence-electron chi connectivity index (χ1n) is 16.4. The van der Waals surface area contributed by atoms with Gasteiger partial charge in [0.15, 0.2) is 5.78 Å². The lowest BCUT2D eigenvalue weighted by Crippen LogP contribution is -2.55. The highest BCUT2D eigenvalue weighted by molar-refractivity contribution is 5.94. The quantitative estimate of drug-likeness (QED) is 0.215. The molecule has 0 N–H and O–H groups in total. The average Bonchev–Trinajstić information content (AvgIpc) is 3.24. The van der Waals surface area contributed by atoms with E-state index in [9.17, 15) is 19.2 Å². The molecule has 0 amide bonds. The highest BCUT2D eigenvalue weighted by atomic mass is 16.6. The first-order chi connectivity index (χ1) is 19.6. The SMILES string of the molecule is CC[C@@H](C(C)C)[C@@H](OC(C)=O)[C@H](OC(C)=O)[C@@H](C)[C@H]1CC[C@H]2[C@@H]3C(=O)C=C4C[C@@H](OC(C)=O)CC[C@]4(C)[C@H]3CC[C@]12C. The third kappa shape index (κ3) is 5.95. The maximum Gasteiger partial charge on any atom is 0.303 e. The molecule has 0 heterocycles. The van der Waals surface area contributed by atoms with Crippen LogP contribution in [0.5, 0.6) is 0 Å². The Morgan fingerprint density at radius 2 is 1.52 bits per heavy atom. The van der Waals surface area contributed by atoms with Crippen molar-refractivity contribution in [2.45, 2.75) is 132 Å². The van der Waals surface area contributed by atoms with Gasteiger partial charge in [0.05, 0.1) is 0 Å². The summed E-state index contributed by atoms with van der Waals surface area (Å²) in [7, 11) is 0. The number of fused-ring (bicyclic) bond motifs is 5. The zero-order chi connectivity index (χ0) is 31.1. The van der Waals surface area contributed by atoms with Gasteiger partial charge < -0.3 is 14.2 Å². The summed E-state index contributed by atoms with van der Waals surface area (Å²) < 4.78 is 17.6. The van der Waals surface area contributed by atoms with Gasteiger partial charge in [-0.05, 0) is 85.5 Å². The van der Waals surface area contributed by atoms with Crippen LogP contribution in [0.15, 0.2) is 11.6 Å². The fourth-order valence-electron chi connectivity index (χ4n) is 10.2. The smallest absolute Gasteiger partial charge is 0.303 e. The molecule has 0 bridgehead atoms. The lowest BCUT2D eigenvalue weighted by molar-refractivity contribution is -0.181. The van der Waals surface area contributed by atoms with Crippen molar-refractivity contribution >= 4 is 23.7 Å². The van der Waals surface area contributed by atoms with Crippen LogP contribution >= 0.6 is 0 Å². The number of ketones is 1. The predicted octanol–water partition coefficient (Wildman–Crippen LogP) is 6.86. The molecule has 0 aromatic heterocycles. The Hall–Kier alpha value is -2.18. The molecule has 0 spiro atoms. The van der Waals surface area contributed by atoms with Crippen molar-refractivity contribution in [3.05, 3.63) is 11.6 Å². The largest absolute Gasteiger partial charge is 0.462 e. The number of ether oxygens (including phenoxy) is 3. The Kier molecular flexibility index (Phi) is 9.69. The Labute approximate surface area is 252 Å². The third-order valence-electron chi connectivity index (χ3n) is 12.1. The van der Waals surface area contributed by atoms with Crippen LogP contribution in [0.3, 0.4) is 0 Å². The topological polar surface area (TPSA) is 96.0 Å². The van der Waals surface area contributed by atoms with Crippen LogP contribution in [0.2, 0.25) is 0 Å². The van der Waals surface area contributed by atoms with Crippen molar-refractivity contribution in [2.75, 3.05) is 0 Å². The second-order valence-electron chi connectivity index (χ2n) is 14.8. The van der Waals surface area contributed by atoms with E-state index in [4.69, 9.17) is 14.2 Å². The van der Waals surface area contributed by atoms with E-state index in [1.54, 1.807) is 0 Å². The second kappa shape index (κ2) is 12.4. The molecule has 0 radical (unpaired) electrons. The highest BCUT2D eigenvalue weighted by Gasteiger charge is 2.62. The Morgan fingerprint density at radius 3 is 2.10 bits per heavy atom. The van der Waals surface area contributed by atoms with Crippen LogP contribution < -0.4 is 0 Å². The summed E-state index contributed by atoms with van der Waals surface area (Å²) >= 11 is 0. The molecule has 7 nitrogen and oxygen atoms in total. The maximum absolute atomic E-state index is 13.9. The molecule has 4 aliphatic rings. The average molecular weight is 587 g/mol. The molecule has 3 saturated carbocycles. The first-order valence-corrected chi connectivity index (χ1v) is 16.4. The number of esters is 3. The second-order valence-corrected chi connectivity index (χ2v) is 14.8. The van der Waals surface area contributed by atoms with Gasteiger partial charge in [-0.25, -0.2) is 0 Å². The molecule has 4 aliphatic carbocycles. The van der Waals surface area contributed by atoms with E-state index >= 15 is 0 Å². The van der Waals surface area contributed by atoms with Crippen molar-refractivity contribution in [1.82, 2.24) is 0 Å². The number of hydrogen-bond donors (Lipinski definition) is 0. The summed E-state index contributed by atoms with van der Waals surface area (Å²) in [5.41, 5.74) is 1.04. The summed E-state index contributed by atoms with van der Waals surface area (Å²) in [6.45, 7) is 17.5. The number of hydrogen-bond acceptors (Lipinski definition) is 7. The van der Waals surface area contributed by atoms with Crippen molar-refractivity contribution in [2.24, 2.45) is 52.3 Å². The van der Waals surface area contributed by atoms with Crippen molar-refractivity contribution in [3.8, 4) is 0 Å². The minimum atomic E-state index is -0.542. The minimum absolute atomic E-state index is 0.0181. The van der Waals surface area contributed by atoms with Crippen LogP contribution in [0.4, 0.5) is 0 Å². The molecule has 42 heavy (non-hydrogen) atoms. The fraction of sp³-hybridized carbons (Fsp3) is 0.829. The fourth-order valence-corrected chi connectivity index (χ4v) is 10.2. The van der Waals surface area contributed by atoms with E-state index in [1.807, 2.05) is 6.08 Å². The third-order valence-corrected chi connectivity index (χ3v) is 12.1. The normalized spacial score (nSPS) is 36.9. The van der Waals surface area contributed by atoms with Gasteiger partial charge in [-0.15, -0.1) is 0 Å². The minimum Gasteiger partial charge on any atom is -0.462 e. The van der Waals surface area contributed by atoms with Gasteiger partial charge in [-0.3, -0.25) is 19.2 Å². The van der Waals surface area contributed by atoms with E-state index in [0.29, 0.717) is 12.3 Å². The zero-order valence-corrected chi connectivity index (χ0v) is 27.4. The van der Waals surface area contributed by atoms with E-state index < -0.39 is 12.2 Å². The van der Waals surface area contributed by atoms with Crippen molar-refractivity contribution in [3.63, 3.8) is 0 Å². The maximum atomic E-state index is 13.9. The molecule has 0 aliphatic heterocycles. The molecule has 4 rings (SSSR count). The number of carbonyl (C=O) groups excluding carboxylic acids is 4. The van der Waals surface area contributed by atoms with Gasteiger partial charge in [0, 0.05) is 44.9 Å². The van der Waals surface area contributed by atoms with Crippen LogP contribution in [-0.4, -0.2) is 42.0 Å². The molecule has 11 atom stereocenters. The first kappa shape index (κ1) is 32.7. The van der Waals surface area contributed by atoms with Gasteiger partial charge in [0.1, 0.15) is 18.3 Å². The number of rotatable bonds is 9. The van der Waals surface area contributed by atoms with Crippen LogP contribution in [-0.2, 0) is 33.4 Å². The van der Waals surface area contributed by atoms with Crippen LogP contribution in [0.1, 0.15) is 114 Å². The van der Waals surface area contributed by atoms with E-state index in [2.05, 4.69) is 41.5 Å². The van der Waals surface area contributed by atoms with E-state index in [1.165, 1.54) is 20.8 Å². The summed E-state index contributed by atoms with van der Waals surface area (Å²) in [6.07, 6.45) is 7.88. The van der Waals surface area contributed by atoms with E-state index in [-0.39, 0.29) is 76.1 Å². The zero-order valence-electron chi connectivity index (χ0n) is 27.4. The van der Waals surface area contributed by atoms with Crippen LogP contribution in [0, 0.1) is 52.3 Å². The molecule has 0 unspecified atom stereocenters. The van der Waals surface area contributed by atoms with Gasteiger partial charge in [0.2, 0.25) is 0 Å². The molecule has 3 fully saturated rings. The standard InChI is InChI=1S/C35H54O7/c1-10-26(19(2)3)33(42-23(7)38)32(41-22(6)37)20(4)27-11-12-28-31-29(14-16-35(27,28)9)34(8)15-13-25(40-21(5)36)17-24(34)18-30(31)39/h18-20,25-29,31-33H,10-17H2,1-9H3/t20-,25-,26-,27+,28-,29-,31-,32+,33+,34-,35+/m0/s1. The predicted molar refractivity (Wildman–Crippen MR) is 160 cm³/mol. The summed E-state index contributed by atoms with van der Waals surface area (Å²) in [5, 5.41) is 0. The summed E-state index contributed by atoms with van der Waals surface area (Å²) in [5.74, 6) is 0.319. The summed E-state index contributed by atoms with van der Waals surface area (Å²) in [4.78, 5) is 50.3. The van der Waals surface area contributed by atoms with Gasteiger partial charge in [0.25, 0.3) is 0 Å². The van der Waals surface area contributed by atoms with Gasteiger partial charge in [-0.2, -0.15) is 0 Å². The number of carbonyl (C=O) groups is 4. The van der Waals surface area contributed by atoms with Crippen LogP contribution in [0.25, 0.3) is 0 Å². The van der Waals surface area contributed by atoms with Gasteiger partial charge in [-0.1, -0.05) is 47.1 Å². The Bertz CT molecular complexity index is 1090. The highest BCUT2D eigenvalue weighted by Crippen LogP contribution is 2.67. The molecule has 0 aromatic rings. The molecular formula is C35H54O7. The van der Waals surface area contributed by atoms with Gasteiger partial charge >= 0.3 is 17.9 Å². The Balaban J connectivity index is 1.64. The van der Waals surface area contributed by atoms with Crippen molar-refractivity contribution in [1.29, 1.82) is 0 Å².